The highest BCUT2D eigenvalue weighted by atomic mass is 19.4. The van der Waals surface area contributed by atoms with Crippen LogP contribution in [0.15, 0.2) is 53.6 Å². The van der Waals surface area contributed by atoms with E-state index < -0.39 is 17.6 Å². The molecule has 212 valence electrons. The molecule has 0 saturated carbocycles. The normalized spacial score (nSPS) is 13.5. The fourth-order valence-corrected chi connectivity index (χ4v) is 4.21. The average molecular weight is 560 g/mol. The van der Waals surface area contributed by atoms with E-state index in [4.69, 9.17) is 0 Å². The molecule has 0 aliphatic carbocycles. The summed E-state index contributed by atoms with van der Waals surface area (Å²) < 4.78 is 41.5. The number of anilines is 1. The number of unbranched alkanes of at least 4 members (excludes halogenated alkanes) is 1. The van der Waals surface area contributed by atoms with E-state index in [0.29, 0.717) is 50.1 Å². The third-order valence-electron chi connectivity index (χ3n) is 6.30. The lowest BCUT2D eigenvalue weighted by atomic mass is 10.1. The van der Waals surface area contributed by atoms with E-state index in [-0.39, 0.29) is 36.2 Å². The second-order valence-electron chi connectivity index (χ2n) is 9.37. The Morgan fingerprint density at radius 3 is 2.58 bits per heavy atom. The minimum absolute atomic E-state index is 0.0370. The minimum Gasteiger partial charge on any atom is -0.347 e. The third-order valence-corrected chi connectivity index (χ3v) is 6.30. The SMILES string of the molecule is O=C(CN1CCCC1=O)Nc1ccn(CCCCn2cc(C(=O)NCc3cccc(C(F)(F)F)c3)nn2)c(=O)c1. The summed E-state index contributed by atoms with van der Waals surface area (Å²) in [5.74, 6) is -0.969. The van der Waals surface area contributed by atoms with Gasteiger partial charge in [0.15, 0.2) is 5.69 Å². The number of hydrogen-bond acceptors (Lipinski definition) is 6. The van der Waals surface area contributed by atoms with Crippen LogP contribution in [-0.4, -0.2) is 55.3 Å². The van der Waals surface area contributed by atoms with Crippen molar-refractivity contribution in [3.8, 4) is 0 Å². The molecular weight excluding hydrogens is 531 g/mol. The van der Waals surface area contributed by atoms with Crippen LogP contribution in [0.3, 0.4) is 0 Å². The summed E-state index contributed by atoms with van der Waals surface area (Å²) in [5, 5.41) is 12.9. The summed E-state index contributed by atoms with van der Waals surface area (Å²) in [5.41, 5.74) is -0.369. The van der Waals surface area contributed by atoms with Gasteiger partial charge in [0.05, 0.1) is 18.3 Å². The number of carbonyl (C=O) groups is 3. The molecule has 0 radical (unpaired) electrons. The molecular formula is C26H28F3N7O4. The Labute approximate surface area is 227 Å². The maximum atomic E-state index is 12.9. The second-order valence-corrected chi connectivity index (χ2v) is 9.37. The zero-order valence-corrected chi connectivity index (χ0v) is 21.5. The second kappa shape index (κ2) is 12.6. The number of amides is 3. The molecule has 1 fully saturated rings. The Kier molecular flexibility index (Phi) is 8.97. The Bertz CT molecular complexity index is 1430. The van der Waals surface area contributed by atoms with Crippen LogP contribution < -0.4 is 16.2 Å². The van der Waals surface area contributed by atoms with Gasteiger partial charge >= 0.3 is 6.18 Å². The topological polar surface area (TPSA) is 131 Å². The predicted molar refractivity (Wildman–Crippen MR) is 137 cm³/mol. The van der Waals surface area contributed by atoms with Crippen molar-refractivity contribution in [1.29, 1.82) is 0 Å². The molecule has 14 heteroatoms. The number of pyridine rings is 1. The van der Waals surface area contributed by atoms with Crippen molar-refractivity contribution in [3.05, 3.63) is 76.0 Å². The van der Waals surface area contributed by atoms with Crippen LogP contribution in [0.2, 0.25) is 0 Å². The van der Waals surface area contributed by atoms with Crippen LogP contribution in [0.1, 0.15) is 47.3 Å². The van der Waals surface area contributed by atoms with Gasteiger partial charge in [0.2, 0.25) is 11.8 Å². The zero-order valence-electron chi connectivity index (χ0n) is 21.5. The van der Waals surface area contributed by atoms with Crippen LogP contribution in [-0.2, 0) is 35.4 Å². The molecule has 4 rings (SSSR count). The lowest BCUT2D eigenvalue weighted by Gasteiger charge is -2.15. The Hall–Kier alpha value is -4.49. The van der Waals surface area contributed by atoms with Gasteiger partial charge in [0.1, 0.15) is 0 Å². The first kappa shape index (κ1) is 28.5. The highest BCUT2D eigenvalue weighted by Gasteiger charge is 2.30. The molecule has 2 aromatic heterocycles. The molecule has 1 aliphatic heterocycles. The number of halogens is 3. The largest absolute Gasteiger partial charge is 0.416 e. The first-order chi connectivity index (χ1) is 19.1. The fourth-order valence-electron chi connectivity index (χ4n) is 4.21. The van der Waals surface area contributed by atoms with E-state index in [0.717, 1.165) is 18.6 Å². The molecule has 1 saturated heterocycles. The first-order valence-corrected chi connectivity index (χ1v) is 12.7. The number of hydrogen-bond donors (Lipinski definition) is 2. The number of benzene rings is 1. The zero-order chi connectivity index (χ0) is 28.7. The summed E-state index contributed by atoms with van der Waals surface area (Å²) >= 11 is 0. The third kappa shape index (κ3) is 7.77. The fraction of sp³-hybridized carbons (Fsp3) is 0.385. The van der Waals surface area contributed by atoms with Crippen molar-refractivity contribution >= 4 is 23.4 Å². The number of nitrogens with zero attached hydrogens (tertiary/aromatic N) is 5. The van der Waals surface area contributed by atoms with Gasteiger partial charge < -0.3 is 20.1 Å². The molecule has 40 heavy (non-hydrogen) atoms. The van der Waals surface area contributed by atoms with E-state index in [1.165, 1.54) is 38.5 Å². The number of likely N-dealkylation sites (tertiary alicyclic amines) is 1. The van der Waals surface area contributed by atoms with Crippen molar-refractivity contribution in [2.45, 2.75) is 51.5 Å². The number of carbonyl (C=O) groups excluding carboxylic acids is 3. The Morgan fingerprint density at radius 1 is 1.05 bits per heavy atom. The molecule has 0 atom stereocenters. The van der Waals surface area contributed by atoms with Gasteiger partial charge in [-0.15, -0.1) is 5.10 Å². The molecule has 11 nitrogen and oxygen atoms in total. The lowest BCUT2D eigenvalue weighted by molar-refractivity contribution is -0.137. The monoisotopic (exact) mass is 559 g/mol. The van der Waals surface area contributed by atoms with Gasteiger partial charge in [-0.05, 0) is 43.0 Å². The molecule has 0 spiro atoms. The van der Waals surface area contributed by atoms with E-state index in [9.17, 15) is 32.3 Å². The highest BCUT2D eigenvalue weighted by Crippen LogP contribution is 2.29. The van der Waals surface area contributed by atoms with Crippen LogP contribution in [0.25, 0.3) is 0 Å². The van der Waals surface area contributed by atoms with Crippen LogP contribution >= 0.6 is 0 Å². The van der Waals surface area contributed by atoms with E-state index in [1.54, 1.807) is 12.3 Å². The molecule has 1 aliphatic rings. The van der Waals surface area contributed by atoms with Gasteiger partial charge in [0.25, 0.3) is 11.5 Å². The molecule has 2 N–H and O–H groups in total. The van der Waals surface area contributed by atoms with Crippen molar-refractivity contribution < 1.29 is 27.6 Å². The number of alkyl halides is 3. The van der Waals surface area contributed by atoms with Crippen LogP contribution in [0, 0.1) is 0 Å². The van der Waals surface area contributed by atoms with E-state index >= 15 is 0 Å². The molecule has 0 unspecified atom stereocenters. The maximum Gasteiger partial charge on any atom is 0.416 e. The smallest absolute Gasteiger partial charge is 0.347 e. The Morgan fingerprint density at radius 2 is 1.85 bits per heavy atom. The summed E-state index contributed by atoms with van der Waals surface area (Å²) in [6.07, 6.45) is 1.00. The number of aryl methyl sites for hydroxylation is 2. The van der Waals surface area contributed by atoms with Crippen molar-refractivity contribution in [2.75, 3.05) is 18.4 Å². The van der Waals surface area contributed by atoms with Gasteiger partial charge in [-0.2, -0.15) is 13.2 Å². The highest BCUT2D eigenvalue weighted by molar-refractivity contribution is 5.94. The van der Waals surface area contributed by atoms with Gasteiger partial charge in [-0.3, -0.25) is 23.9 Å². The molecule has 3 aromatic rings. The van der Waals surface area contributed by atoms with E-state index in [2.05, 4.69) is 20.9 Å². The summed E-state index contributed by atoms with van der Waals surface area (Å²) in [6, 6.07) is 7.65. The quantitative estimate of drug-likeness (QED) is 0.347. The summed E-state index contributed by atoms with van der Waals surface area (Å²) in [4.78, 5) is 50.0. The Balaban J connectivity index is 1.19. The van der Waals surface area contributed by atoms with Crippen molar-refractivity contribution in [1.82, 2.24) is 29.8 Å². The summed E-state index contributed by atoms with van der Waals surface area (Å²) in [7, 11) is 0. The number of rotatable bonds is 11. The standard InChI is InChI=1S/C26H28F3N7O4/c27-26(28,29)19-6-3-5-18(13-19)15-30-25(40)21-16-36(33-32-21)11-2-1-9-34-12-8-20(14-24(34)39)31-22(37)17-35-10-4-7-23(35)38/h3,5-6,8,12-14,16H,1-2,4,7,9-11,15,17H2,(H,30,40)(H,31,37). The molecule has 0 bridgehead atoms. The van der Waals surface area contributed by atoms with Crippen LogP contribution in [0.5, 0.6) is 0 Å². The number of aromatic nitrogens is 4. The van der Waals surface area contributed by atoms with Crippen molar-refractivity contribution in [2.24, 2.45) is 0 Å². The van der Waals surface area contributed by atoms with Gasteiger partial charge in [-0.1, -0.05) is 17.3 Å². The minimum atomic E-state index is -4.46. The van der Waals surface area contributed by atoms with Crippen molar-refractivity contribution in [3.63, 3.8) is 0 Å². The molecule has 3 heterocycles. The lowest BCUT2D eigenvalue weighted by Crippen LogP contribution is -2.34. The predicted octanol–water partition coefficient (Wildman–Crippen LogP) is 2.43. The number of nitrogens with one attached hydrogen (secondary N) is 2. The maximum absolute atomic E-state index is 12.9. The average Bonchev–Trinajstić information content (AvgIpc) is 3.55. The first-order valence-electron chi connectivity index (χ1n) is 12.7. The van der Waals surface area contributed by atoms with Gasteiger partial charge in [-0.25, -0.2) is 0 Å². The van der Waals surface area contributed by atoms with Gasteiger partial charge in [0, 0.05) is 50.6 Å². The molecule has 1 aromatic carbocycles. The summed E-state index contributed by atoms with van der Waals surface area (Å²) in [6.45, 7) is 1.29. The molecule has 3 amide bonds. The van der Waals surface area contributed by atoms with E-state index in [1.807, 2.05) is 0 Å². The van der Waals surface area contributed by atoms with Crippen LogP contribution in [0.4, 0.5) is 18.9 Å².